The van der Waals surface area contributed by atoms with E-state index in [-0.39, 0.29) is 6.47 Å². The molecule has 0 aliphatic heterocycles. The number of aliphatic carboxylic acids is 1. The summed E-state index contributed by atoms with van der Waals surface area (Å²) in [7, 11) is 0. The lowest BCUT2D eigenvalue weighted by Crippen LogP contribution is -2.34. The highest BCUT2D eigenvalue weighted by molar-refractivity contribution is 5.67. The lowest BCUT2D eigenvalue weighted by Gasteiger charge is -2.20. The Morgan fingerprint density at radius 1 is 1.27 bits per heavy atom. The van der Waals surface area contributed by atoms with Gasteiger partial charge in [-0.1, -0.05) is 0 Å². The Kier molecular flexibility index (Phi) is 4.50. The van der Waals surface area contributed by atoms with Crippen LogP contribution in [-0.2, 0) is 14.3 Å². The zero-order chi connectivity index (χ0) is 12.1. The van der Waals surface area contributed by atoms with Crippen molar-refractivity contribution in [2.24, 2.45) is 0 Å². The van der Waals surface area contributed by atoms with Gasteiger partial charge in [0.25, 0.3) is 18.3 Å². The second-order valence-electron chi connectivity index (χ2n) is 2.87. The summed E-state index contributed by atoms with van der Waals surface area (Å²) in [5.74, 6) is -9.87. The van der Waals surface area contributed by atoms with Crippen molar-refractivity contribution >= 4 is 12.4 Å². The maximum atomic E-state index is 12.6. The SMILES string of the molecule is O=COCC(F)(F)CC(F)(F)CC(=O)O. The molecule has 88 valence electrons. The van der Waals surface area contributed by atoms with Crippen LogP contribution in [0.2, 0.25) is 0 Å². The molecule has 0 bridgehead atoms. The van der Waals surface area contributed by atoms with Crippen LogP contribution in [0.25, 0.3) is 0 Å². The summed E-state index contributed by atoms with van der Waals surface area (Å²) < 4.78 is 54.0. The van der Waals surface area contributed by atoms with E-state index in [0.29, 0.717) is 0 Å². The number of carboxylic acid groups (broad SMARTS) is 1. The molecule has 4 nitrogen and oxygen atoms in total. The Morgan fingerprint density at radius 3 is 2.20 bits per heavy atom. The summed E-state index contributed by atoms with van der Waals surface area (Å²) >= 11 is 0. The van der Waals surface area contributed by atoms with Gasteiger partial charge in [0.1, 0.15) is 6.42 Å². The van der Waals surface area contributed by atoms with E-state index in [1.165, 1.54) is 0 Å². The summed E-state index contributed by atoms with van der Waals surface area (Å²) in [5.41, 5.74) is 0. The maximum Gasteiger partial charge on any atom is 0.309 e. The smallest absolute Gasteiger partial charge is 0.309 e. The van der Waals surface area contributed by atoms with Crippen molar-refractivity contribution in [3.8, 4) is 0 Å². The van der Waals surface area contributed by atoms with Crippen LogP contribution in [0, 0.1) is 0 Å². The van der Waals surface area contributed by atoms with E-state index >= 15 is 0 Å². The second kappa shape index (κ2) is 4.94. The molecule has 0 atom stereocenters. The van der Waals surface area contributed by atoms with Crippen LogP contribution in [0.5, 0.6) is 0 Å². The Hall–Kier alpha value is -1.34. The summed E-state index contributed by atoms with van der Waals surface area (Å²) in [6, 6.07) is 0. The minimum atomic E-state index is -4.04. The van der Waals surface area contributed by atoms with E-state index in [4.69, 9.17) is 5.11 Å². The molecule has 0 unspecified atom stereocenters. The molecule has 0 aromatic heterocycles. The third kappa shape index (κ3) is 6.69. The molecule has 0 aromatic rings. The molecule has 8 heteroatoms. The molecule has 0 aliphatic carbocycles. The highest BCUT2D eigenvalue weighted by atomic mass is 19.3. The van der Waals surface area contributed by atoms with Crippen molar-refractivity contribution in [1.29, 1.82) is 0 Å². The molecule has 1 N–H and O–H groups in total. The van der Waals surface area contributed by atoms with Crippen LogP contribution in [-0.4, -0.2) is 36.0 Å². The van der Waals surface area contributed by atoms with E-state index in [9.17, 15) is 27.2 Å². The molecule has 0 saturated heterocycles. The lowest BCUT2D eigenvalue weighted by molar-refractivity contribution is -0.166. The standard InChI is InChI=1S/C7H8F4O4/c8-6(9,1-5(13)14)2-7(10,11)3-15-4-12/h4H,1-3H2,(H,13,14). The molecule has 15 heavy (non-hydrogen) atoms. The molecule has 0 aliphatic rings. The van der Waals surface area contributed by atoms with Crippen molar-refractivity contribution < 1.29 is 37.0 Å². The maximum absolute atomic E-state index is 12.6. The summed E-state index contributed by atoms with van der Waals surface area (Å²) in [6.45, 7) is -1.80. The Morgan fingerprint density at radius 2 is 1.80 bits per heavy atom. The number of ether oxygens (including phenoxy) is 1. The number of halogens is 4. The monoisotopic (exact) mass is 232 g/mol. The van der Waals surface area contributed by atoms with Crippen LogP contribution in [0.15, 0.2) is 0 Å². The fourth-order valence-electron chi connectivity index (χ4n) is 0.869. The van der Waals surface area contributed by atoms with E-state index in [2.05, 4.69) is 4.74 Å². The molecular formula is C7H8F4O4. The zero-order valence-electron chi connectivity index (χ0n) is 7.38. The zero-order valence-corrected chi connectivity index (χ0v) is 7.38. The van der Waals surface area contributed by atoms with E-state index in [1.54, 1.807) is 0 Å². The summed E-state index contributed by atoms with van der Waals surface area (Å²) in [4.78, 5) is 19.5. The third-order valence-electron chi connectivity index (χ3n) is 1.29. The lowest BCUT2D eigenvalue weighted by atomic mass is 10.1. The Balaban J connectivity index is 4.28. The third-order valence-corrected chi connectivity index (χ3v) is 1.29. The fraction of sp³-hybridized carbons (Fsp3) is 0.714. The van der Waals surface area contributed by atoms with Gasteiger partial charge in [-0.2, -0.15) is 0 Å². The molecule has 0 heterocycles. The number of hydrogen-bond donors (Lipinski definition) is 1. The highest BCUT2D eigenvalue weighted by Gasteiger charge is 2.45. The number of alkyl halides is 4. The quantitative estimate of drug-likeness (QED) is 0.530. The largest absolute Gasteiger partial charge is 0.481 e. The predicted molar refractivity (Wildman–Crippen MR) is 38.8 cm³/mol. The van der Waals surface area contributed by atoms with Crippen molar-refractivity contribution in [2.45, 2.75) is 24.7 Å². The van der Waals surface area contributed by atoms with Gasteiger partial charge >= 0.3 is 5.97 Å². The molecule has 0 rings (SSSR count). The van der Waals surface area contributed by atoms with Gasteiger partial charge < -0.3 is 9.84 Å². The first kappa shape index (κ1) is 13.7. The molecule has 0 saturated carbocycles. The second-order valence-corrected chi connectivity index (χ2v) is 2.87. The Bertz CT molecular complexity index is 241. The van der Waals surface area contributed by atoms with Gasteiger partial charge in [0.15, 0.2) is 6.61 Å². The Labute approximate surface area is 81.8 Å². The number of carbonyl (C=O) groups excluding carboxylic acids is 1. The van der Waals surface area contributed by atoms with Crippen molar-refractivity contribution in [3.63, 3.8) is 0 Å². The topological polar surface area (TPSA) is 63.6 Å². The van der Waals surface area contributed by atoms with Crippen molar-refractivity contribution in [1.82, 2.24) is 0 Å². The van der Waals surface area contributed by atoms with Gasteiger partial charge in [-0.3, -0.25) is 9.59 Å². The molecule has 0 fully saturated rings. The molecular weight excluding hydrogens is 224 g/mol. The van der Waals surface area contributed by atoms with Gasteiger partial charge in [-0.15, -0.1) is 0 Å². The van der Waals surface area contributed by atoms with Gasteiger partial charge in [0, 0.05) is 0 Å². The average molecular weight is 232 g/mol. The van der Waals surface area contributed by atoms with Crippen LogP contribution < -0.4 is 0 Å². The molecule has 0 radical (unpaired) electrons. The number of rotatable bonds is 7. The molecule has 0 spiro atoms. The van der Waals surface area contributed by atoms with Gasteiger partial charge in [0.2, 0.25) is 0 Å². The predicted octanol–water partition coefficient (Wildman–Crippen LogP) is 1.29. The summed E-state index contributed by atoms with van der Waals surface area (Å²) in [6.07, 6.45) is -3.66. The molecule has 0 amide bonds. The minimum absolute atomic E-state index is 0.302. The fourth-order valence-corrected chi connectivity index (χ4v) is 0.869. The number of hydrogen-bond acceptors (Lipinski definition) is 3. The van der Waals surface area contributed by atoms with E-state index < -0.39 is 37.3 Å². The van der Waals surface area contributed by atoms with Crippen LogP contribution >= 0.6 is 0 Å². The number of carbonyl (C=O) groups is 2. The molecule has 0 aromatic carbocycles. The highest BCUT2D eigenvalue weighted by Crippen LogP contribution is 2.33. The number of carboxylic acids is 1. The summed E-state index contributed by atoms with van der Waals surface area (Å²) in [5, 5.41) is 8.01. The van der Waals surface area contributed by atoms with Crippen molar-refractivity contribution in [3.05, 3.63) is 0 Å². The normalized spacial score (nSPS) is 12.3. The van der Waals surface area contributed by atoms with E-state index in [1.807, 2.05) is 0 Å². The minimum Gasteiger partial charge on any atom is -0.481 e. The van der Waals surface area contributed by atoms with Crippen LogP contribution in [0.4, 0.5) is 17.6 Å². The van der Waals surface area contributed by atoms with Crippen LogP contribution in [0.1, 0.15) is 12.8 Å². The van der Waals surface area contributed by atoms with Crippen molar-refractivity contribution in [2.75, 3.05) is 6.61 Å². The van der Waals surface area contributed by atoms with Gasteiger partial charge in [0.05, 0.1) is 6.42 Å². The first-order chi connectivity index (χ1) is 6.68. The van der Waals surface area contributed by atoms with Crippen LogP contribution in [0.3, 0.4) is 0 Å². The van der Waals surface area contributed by atoms with Gasteiger partial charge in [-0.05, 0) is 0 Å². The first-order valence-corrected chi connectivity index (χ1v) is 3.71. The van der Waals surface area contributed by atoms with E-state index in [0.717, 1.165) is 0 Å². The average Bonchev–Trinajstić information content (AvgIpc) is 1.95. The first-order valence-electron chi connectivity index (χ1n) is 3.71. The van der Waals surface area contributed by atoms with Gasteiger partial charge in [-0.25, -0.2) is 17.6 Å².